The molecule has 0 aliphatic carbocycles. The van der Waals surface area contributed by atoms with Gasteiger partial charge in [-0.2, -0.15) is 0 Å². The molecule has 0 saturated carbocycles. The lowest BCUT2D eigenvalue weighted by Crippen LogP contribution is -2.38. The van der Waals surface area contributed by atoms with Gasteiger partial charge in [0.25, 0.3) is 5.91 Å². The number of hydrogen-bond donors (Lipinski definition) is 1. The lowest BCUT2D eigenvalue weighted by atomic mass is 10.1. The summed E-state index contributed by atoms with van der Waals surface area (Å²) in [6.07, 6.45) is 1.67. The van der Waals surface area contributed by atoms with Gasteiger partial charge >= 0.3 is 0 Å². The SMILES string of the molecule is CCN(CC)C(CNC(=O)c1ccccc1COC)c1ccco1. The first-order valence-corrected chi connectivity index (χ1v) is 8.33. The molecule has 1 N–H and O–H groups in total. The van der Waals surface area contributed by atoms with Crippen LogP contribution in [0.4, 0.5) is 0 Å². The zero-order chi connectivity index (χ0) is 17.4. The van der Waals surface area contributed by atoms with Crippen LogP contribution >= 0.6 is 0 Å². The third-order valence-electron chi connectivity index (χ3n) is 4.14. The summed E-state index contributed by atoms with van der Waals surface area (Å²) < 4.78 is 10.7. The van der Waals surface area contributed by atoms with Crippen LogP contribution < -0.4 is 5.32 Å². The Morgan fingerprint density at radius 1 is 1.21 bits per heavy atom. The van der Waals surface area contributed by atoms with Crippen molar-refractivity contribution in [3.63, 3.8) is 0 Å². The fourth-order valence-corrected chi connectivity index (χ4v) is 2.86. The van der Waals surface area contributed by atoms with Gasteiger partial charge in [0.15, 0.2) is 0 Å². The quantitative estimate of drug-likeness (QED) is 0.767. The topological polar surface area (TPSA) is 54.7 Å². The van der Waals surface area contributed by atoms with Crippen LogP contribution in [0.25, 0.3) is 0 Å². The van der Waals surface area contributed by atoms with E-state index in [9.17, 15) is 4.79 Å². The Hall–Kier alpha value is -2.11. The first-order chi connectivity index (χ1) is 11.7. The van der Waals surface area contributed by atoms with Gasteiger partial charge in [0.1, 0.15) is 5.76 Å². The predicted molar refractivity (Wildman–Crippen MR) is 93.9 cm³/mol. The molecule has 130 valence electrons. The molecule has 0 radical (unpaired) electrons. The van der Waals surface area contributed by atoms with Crippen LogP contribution in [0.1, 0.15) is 41.6 Å². The number of hydrogen-bond acceptors (Lipinski definition) is 4. The zero-order valence-corrected chi connectivity index (χ0v) is 14.6. The third kappa shape index (κ3) is 4.46. The summed E-state index contributed by atoms with van der Waals surface area (Å²) in [6, 6.07) is 11.4. The maximum atomic E-state index is 12.6. The average Bonchev–Trinajstić information content (AvgIpc) is 3.13. The van der Waals surface area contributed by atoms with Crippen molar-refractivity contribution in [2.75, 3.05) is 26.7 Å². The molecule has 0 aliphatic heterocycles. The summed E-state index contributed by atoms with van der Waals surface area (Å²) >= 11 is 0. The first kappa shape index (κ1) is 18.2. The van der Waals surface area contributed by atoms with E-state index >= 15 is 0 Å². The number of carbonyl (C=O) groups excluding carboxylic acids is 1. The van der Waals surface area contributed by atoms with E-state index in [0.29, 0.717) is 18.7 Å². The fraction of sp³-hybridized carbons (Fsp3) is 0.421. The van der Waals surface area contributed by atoms with Crippen molar-refractivity contribution in [3.8, 4) is 0 Å². The van der Waals surface area contributed by atoms with Crippen molar-refractivity contribution >= 4 is 5.91 Å². The average molecular weight is 330 g/mol. The molecule has 0 saturated heterocycles. The van der Waals surface area contributed by atoms with Crippen LogP contribution in [0, 0.1) is 0 Å². The molecule has 1 heterocycles. The van der Waals surface area contributed by atoms with Crippen molar-refractivity contribution in [3.05, 3.63) is 59.5 Å². The molecular formula is C19H26N2O3. The van der Waals surface area contributed by atoms with Crippen molar-refractivity contribution in [1.82, 2.24) is 10.2 Å². The van der Waals surface area contributed by atoms with E-state index in [0.717, 1.165) is 24.4 Å². The van der Waals surface area contributed by atoms with Crippen LogP contribution in [0.5, 0.6) is 0 Å². The number of nitrogens with one attached hydrogen (secondary N) is 1. The van der Waals surface area contributed by atoms with Crippen molar-refractivity contribution in [2.24, 2.45) is 0 Å². The monoisotopic (exact) mass is 330 g/mol. The van der Waals surface area contributed by atoms with Crippen LogP contribution in [0.2, 0.25) is 0 Å². The van der Waals surface area contributed by atoms with Crippen molar-refractivity contribution in [2.45, 2.75) is 26.5 Å². The molecule has 2 rings (SSSR count). The normalized spacial score (nSPS) is 12.3. The van der Waals surface area contributed by atoms with E-state index in [-0.39, 0.29) is 11.9 Å². The second-order valence-corrected chi connectivity index (χ2v) is 5.55. The summed E-state index contributed by atoms with van der Waals surface area (Å²) in [6.45, 7) is 6.90. The summed E-state index contributed by atoms with van der Waals surface area (Å²) in [5.74, 6) is 0.774. The predicted octanol–water partition coefficient (Wildman–Crippen LogP) is 3.24. The highest BCUT2D eigenvalue weighted by Crippen LogP contribution is 2.20. The molecular weight excluding hydrogens is 304 g/mol. The minimum atomic E-state index is -0.0913. The maximum absolute atomic E-state index is 12.6. The summed E-state index contributed by atoms with van der Waals surface area (Å²) in [4.78, 5) is 14.9. The van der Waals surface area contributed by atoms with Crippen LogP contribution in [0.15, 0.2) is 47.1 Å². The van der Waals surface area contributed by atoms with E-state index in [1.54, 1.807) is 13.4 Å². The number of ether oxygens (including phenoxy) is 1. The number of benzene rings is 1. The molecule has 0 fully saturated rings. The summed E-state index contributed by atoms with van der Waals surface area (Å²) in [5.41, 5.74) is 1.53. The Morgan fingerprint density at radius 3 is 2.58 bits per heavy atom. The number of furan rings is 1. The Bertz CT molecular complexity index is 621. The number of carbonyl (C=O) groups is 1. The van der Waals surface area contributed by atoms with Crippen molar-refractivity contribution < 1.29 is 13.9 Å². The van der Waals surface area contributed by atoms with Gasteiger partial charge in [-0.1, -0.05) is 32.0 Å². The second kappa shape index (κ2) is 9.25. The Labute approximate surface area is 143 Å². The highest BCUT2D eigenvalue weighted by molar-refractivity contribution is 5.95. The summed E-state index contributed by atoms with van der Waals surface area (Å²) in [7, 11) is 1.63. The first-order valence-electron chi connectivity index (χ1n) is 8.33. The van der Waals surface area contributed by atoms with Gasteiger partial charge in [-0.3, -0.25) is 9.69 Å². The van der Waals surface area contributed by atoms with Crippen LogP contribution in [-0.2, 0) is 11.3 Å². The smallest absolute Gasteiger partial charge is 0.251 e. The van der Waals surface area contributed by atoms with Crippen LogP contribution in [-0.4, -0.2) is 37.6 Å². The molecule has 1 amide bonds. The minimum absolute atomic E-state index is 0.0218. The molecule has 5 nitrogen and oxygen atoms in total. The molecule has 0 spiro atoms. The van der Waals surface area contributed by atoms with Gasteiger partial charge in [0.05, 0.1) is 18.9 Å². The van der Waals surface area contributed by atoms with Gasteiger partial charge < -0.3 is 14.5 Å². The number of likely N-dealkylation sites (N-methyl/N-ethyl adjacent to an activating group) is 1. The number of nitrogens with zero attached hydrogens (tertiary/aromatic N) is 1. The molecule has 24 heavy (non-hydrogen) atoms. The molecule has 0 bridgehead atoms. The highest BCUT2D eigenvalue weighted by atomic mass is 16.5. The van der Waals surface area contributed by atoms with E-state index in [2.05, 4.69) is 24.1 Å². The third-order valence-corrected chi connectivity index (χ3v) is 4.14. The highest BCUT2D eigenvalue weighted by Gasteiger charge is 2.22. The van der Waals surface area contributed by atoms with E-state index in [1.165, 1.54) is 0 Å². The van der Waals surface area contributed by atoms with E-state index < -0.39 is 0 Å². The largest absolute Gasteiger partial charge is 0.468 e. The van der Waals surface area contributed by atoms with Crippen molar-refractivity contribution in [1.29, 1.82) is 0 Å². The molecule has 1 atom stereocenters. The lowest BCUT2D eigenvalue weighted by Gasteiger charge is -2.28. The molecule has 0 aliphatic rings. The Kier molecular flexibility index (Phi) is 7.03. The second-order valence-electron chi connectivity index (χ2n) is 5.55. The Morgan fingerprint density at radius 2 is 1.96 bits per heavy atom. The Balaban J connectivity index is 2.10. The molecule has 1 aromatic heterocycles. The van der Waals surface area contributed by atoms with Gasteiger partial charge in [-0.25, -0.2) is 0 Å². The van der Waals surface area contributed by atoms with E-state index in [4.69, 9.17) is 9.15 Å². The van der Waals surface area contributed by atoms with Gasteiger partial charge in [0.2, 0.25) is 0 Å². The van der Waals surface area contributed by atoms with Crippen LogP contribution in [0.3, 0.4) is 0 Å². The van der Waals surface area contributed by atoms with Gasteiger partial charge in [0, 0.05) is 19.2 Å². The zero-order valence-electron chi connectivity index (χ0n) is 14.6. The minimum Gasteiger partial charge on any atom is -0.468 e. The summed E-state index contributed by atoms with van der Waals surface area (Å²) in [5, 5.41) is 3.04. The molecule has 5 heteroatoms. The number of rotatable bonds is 9. The standard InChI is InChI=1S/C19H26N2O3/c1-4-21(5-2)17(18-11-8-12-24-18)13-20-19(22)16-10-7-6-9-15(16)14-23-3/h6-12,17H,4-5,13-14H2,1-3H3,(H,20,22). The van der Waals surface area contributed by atoms with Gasteiger partial charge in [-0.15, -0.1) is 0 Å². The maximum Gasteiger partial charge on any atom is 0.251 e. The van der Waals surface area contributed by atoms with E-state index in [1.807, 2.05) is 36.4 Å². The fourth-order valence-electron chi connectivity index (χ4n) is 2.86. The number of amides is 1. The molecule has 1 unspecified atom stereocenters. The number of methoxy groups -OCH3 is 1. The molecule has 1 aromatic carbocycles. The van der Waals surface area contributed by atoms with Gasteiger partial charge in [-0.05, 0) is 36.9 Å². The molecule has 2 aromatic rings. The lowest BCUT2D eigenvalue weighted by molar-refractivity contribution is 0.0925.